The van der Waals surface area contributed by atoms with Crippen molar-refractivity contribution >= 4 is 11.8 Å². The van der Waals surface area contributed by atoms with Crippen LogP contribution in [-0.2, 0) is 14.3 Å². The molecule has 0 bridgehead atoms. The lowest BCUT2D eigenvalue weighted by Crippen LogP contribution is -2.43. The van der Waals surface area contributed by atoms with E-state index in [4.69, 9.17) is 4.74 Å². The monoisotopic (exact) mass is 367 g/mol. The van der Waals surface area contributed by atoms with Gasteiger partial charge in [0.1, 0.15) is 0 Å². The Morgan fingerprint density at radius 1 is 1.15 bits per heavy atom. The van der Waals surface area contributed by atoms with Crippen LogP contribution in [0.4, 0.5) is 0 Å². The molecule has 3 aliphatic rings. The van der Waals surface area contributed by atoms with Gasteiger partial charge >= 0.3 is 0 Å². The average molecular weight is 367 g/mol. The van der Waals surface area contributed by atoms with Gasteiger partial charge in [0.15, 0.2) is 0 Å². The fourth-order valence-corrected chi connectivity index (χ4v) is 3.73. The molecule has 3 fully saturated rings. The highest BCUT2D eigenvalue weighted by molar-refractivity contribution is 5.79. The summed E-state index contributed by atoms with van der Waals surface area (Å²) in [4.78, 5) is 30.3. The van der Waals surface area contributed by atoms with Gasteiger partial charge in [-0.1, -0.05) is 0 Å². The predicted molar refractivity (Wildman–Crippen MR) is 97.6 cm³/mol. The van der Waals surface area contributed by atoms with Crippen molar-refractivity contribution in [2.24, 2.45) is 5.92 Å². The first kappa shape index (κ1) is 19.6. The van der Waals surface area contributed by atoms with Crippen LogP contribution in [0.15, 0.2) is 0 Å². The van der Waals surface area contributed by atoms with Crippen molar-refractivity contribution in [3.63, 3.8) is 0 Å². The number of hydrogen-bond donors (Lipinski definition) is 1. The Balaban J connectivity index is 1.53. The predicted octanol–water partition coefficient (Wildman–Crippen LogP) is 0.319. The molecule has 0 aromatic rings. The standard InChI is InChI=1S/C19H33N3O4/c1-15(13-23)22-11-17(26-14-16-5-6-16)10-21(19(25)12-22)9-3-8-20-7-2-4-18(20)24/h15-17,23H,2-14H2,1H3/t15-,17-/m1/s1. The molecule has 1 N–H and O–H groups in total. The number of ether oxygens (including phenoxy) is 1. The minimum absolute atomic E-state index is 0.00975. The number of carbonyl (C=O) groups is 2. The lowest BCUT2D eigenvalue weighted by atomic mass is 10.2. The molecule has 0 aromatic heterocycles. The highest BCUT2D eigenvalue weighted by Gasteiger charge is 2.32. The molecular weight excluding hydrogens is 334 g/mol. The van der Waals surface area contributed by atoms with Gasteiger partial charge in [-0.25, -0.2) is 0 Å². The van der Waals surface area contributed by atoms with Gasteiger partial charge in [-0.3, -0.25) is 14.5 Å². The Morgan fingerprint density at radius 3 is 2.58 bits per heavy atom. The highest BCUT2D eigenvalue weighted by Crippen LogP contribution is 2.29. The molecule has 0 aromatic carbocycles. The van der Waals surface area contributed by atoms with E-state index in [1.807, 2.05) is 21.6 Å². The second-order valence-electron chi connectivity index (χ2n) is 8.04. The molecule has 26 heavy (non-hydrogen) atoms. The van der Waals surface area contributed by atoms with Crippen LogP contribution in [0.5, 0.6) is 0 Å². The summed E-state index contributed by atoms with van der Waals surface area (Å²) in [6.07, 6.45) is 4.90. The summed E-state index contributed by atoms with van der Waals surface area (Å²) >= 11 is 0. The molecule has 148 valence electrons. The maximum atomic E-state index is 12.7. The molecule has 0 unspecified atom stereocenters. The van der Waals surface area contributed by atoms with Gasteiger partial charge < -0.3 is 19.6 Å². The van der Waals surface area contributed by atoms with Crippen molar-refractivity contribution in [1.29, 1.82) is 0 Å². The van der Waals surface area contributed by atoms with Crippen molar-refractivity contribution in [2.45, 2.75) is 51.2 Å². The zero-order valence-electron chi connectivity index (χ0n) is 15.9. The summed E-state index contributed by atoms with van der Waals surface area (Å²) in [5.74, 6) is 1.02. The van der Waals surface area contributed by atoms with E-state index in [9.17, 15) is 14.7 Å². The first-order chi connectivity index (χ1) is 12.6. The van der Waals surface area contributed by atoms with Crippen LogP contribution >= 0.6 is 0 Å². The van der Waals surface area contributed by atoms with Crippen molar-refractivity contribution in [3.05, 3.63) is 0 Å². The van der Waals surface area contributed by atoms with Gasteiger partial charge in [0.05, 0.1) is 19.3 Å². The Hall–Kier alpha value is -1.18. The number of amides is 2. The quantitative estimate of drug-likeness (QED) is 0.635. The van der Waals surface area contributed by atoms with Gasteiger partial charge in [0.25, 0.3) is 0 Å². The van der Waals surface area contributed by atoms with Crippen molar-refractivity contribution in [3.8, 4) is 0 Å². The molecule has 3 rings (SSSR count). The normalized spacial score (nSPS) is 26.5. The fraction of sp³-hybridized carbons (Fsp3) is 0.895. The molecule has 7 nitrogen and oxygen atoms in total. The second-order valence-corrected chi connectivity index (χ2v) is 8.04. The summed E-state index contributed by atoms with van der Waals surface area (Å²) in [6, 6.07) is -0.0480. The van der Waals surface area contributed by atoms with Gasteiger partial charge in [-0.2, -0.15) is 0 Å². The minimum atomic E-state index is -0.0480. The largest absolute Gasteiger partial charge is 0.395 e. The summed E-state index contributed by atoms with van der Waals surface area (Å²) < 4.78 is 6.11. The number of nitrogens with zero attached hydrogens (tertiary/aromatic N) is 3. The molecule has 0 spiro atoms. The Labute approximate surface area is 156 Å². The maximum Gasteiger partial charge on any atom is 0.236 e. The Bertz CT molecular complexity index is 497. The van der Waals surface area contributed by atoms with E-state index in [1.54, 1.807) is 0 Å². The molecule has 1 saturated carbocycles. The zero-order valence-corrected chi connectivity index (χ0v) is 15.9. The first-order valence-corrected chi connectivity index (χ1v) is 10.1. The van der Waals surface area contributed by atoms with Crippen LogP contribution in [0.2, 0.25) is 0 Å². The van der Waals surface area contributed by atoms with Crippen molar-refractivity contribution < 1.29 is 19.4 Å². The molecule has 2 aliphatic heterocycles. The third kappa shape index (κ3) is 5.41. The summed E-state index contributed by atoms with van der Waals surface area (Å²) in [7, 11) is 0. The molecular formula is C19H33N3O4. The summed E-state index contributed by atoms with van der Waals surface area (Å²) in [6.45, 7) is 6.61. The van der Waals surface area contributed by atoms with Gasteiger partial charge in [-0.15, -0.1) is 0 Å². The average Bonchev–Trinajstić information content (AvgIpc) is 3.39. The third-order valence-corrected chi connectivity index (χ3v) is 5.73. The Kier molecular flexibility index (Phi) is 6.89. The Morgan fingerprint density at radius 2 is 1.92 bits per heavy atom. The van der Waals surface area contributed by atoms with E-state index in [-0.39, 0.29) is 30.6 Å². The number of likely N-dealkylation sites (tertiary alicyclic amines) is 1. The van der Waals surface area contributed by atoms with Crippen LogP contribution in [0, 0.1) is 5.92 Å². The van der Waals surface area contributed by atoms with Crippen LogP contribution < -0.4 is 0 Å². The molecule has 2 atom stereocenters. The lowest BCUT2D eigenvalue weighted by Gasteiger charge is -2.27. The molecule has 2 heterocycles. The van der Waals surface area contributed by atoms with E-state index >= 15 is 0 Å². The number of aliphatic hydroxyl groups excluding tert-OH is 1. The third-order valence-electron chi connectivity index (χ3n) is 5.73. The molecule has 2 amide bonds. The van der Waals surface area contributed by atoms with E-state index in [1.165, 1.54) is 12.8 Å². The van der Waals surface area contributed by atoms with Crippen LogP contribution in [0.3, 0.4) is 0 Å². The smallest absolute Gasteiger partial charge is 0.236 e. The lowest BCUT2D eigenvalue weighted by molar-refractivity contribution is -0.132. The van der Waals surface area contributed by atoms with Crippen LogP contribution in [0.25, 0.3) is 0 Å². The van der Waals surface area contributed by atoms with Gasteiger partial charge in [-0.05, 0) is 38.5 Å². The molecule has 2 saturated heterocycles. The molecule has 1 aliphatic carbocycles. The topological polar surface area (TPSA) is 73.3 Å². The van der Waals surface area contributed by atoms with Gasteiger partial charge in [0, 0.05) is 51.8 Å². The van der Waals surface area contributed by atoms with E-state index in [0.29, 0.717) is 38.5 Å². The maximum absolute atomic E-state index is 12.7. The number of aliphatic hydroxyl groups is 1. The van der Waals surface area contributed by atoms with E-state index < -0.39 is 0 Å². The van der Waals surface area contributed by atoms with Crippen molar-refractivity contribution in [1.82, 2.24) is 14.7 Å². The summed E-state index contributed by atoms with van der Waals surface area (Å²) in [5.41, 5.74) is 0. The second kappa shape index (κ2) is 9.15. The molecule has 0 radical (unpaired) electrons. The summed E-state index contributed by atoms with van der Waals surface area (Å²) in [5, 5.41) is 9.49. The van der Waals surface area contributed by atoms with E-state index in [2.05, 4.69) is 0 Å². The fourth-order valence-electron chi connectivity index (χ4n) is 3.73. The van der Waals surface area contributed by atoms with Gasteiger partial charge in [0.2, 0.25) is 11.8 Å². The molecule has 7 heteroatoms. The number of carbonyl (C=O) groups excluding carboxylic acids is 2. The van der Waals surface area contributed by atoms with Crippen LogP contribution in [0.1, 0.15) is 39.0 Å². The minimum Gasteiger partial charge on any atom is -0.395 e. The first-order valence-electron chi connectivity index (χ1n) is 10.1. The van der Waals surface area contributed by atoms with E-state index in [0.717, 1.165) is 32.5 Å². The van der Waals surface area contributed by atoms with Crippen LogP contribution in [-0.4, -0.2) is 96.2 Å². The highest BCUT2D eigenvalue weighted by atomic mass is 16.5. The number of rotatable bonds is 9. The van der Waals surface area contributed by atoms with Crippen molar-refractivity contribution in [2.75, 3.05) is 52.5 Å². The zero-order chi connectivity index (χ0) is 18.5. The number of hydrogen-bond acceptors (Lipinski definition) is 5. The SMILES string of the molecule is C[C@H](CO)N1CC(=O)N(CCCN2CCCC2=O)C[C@@H](OCC2CC2)C1.